The maximum atomic E-state index is 14.4. The molecule has 0 aromatic heterocycles. The van der Waals surface area contributed by atoms with Gasteiger partial charge in [-0.15, -0.1) is 0 Å². The Balaban J connectivity index is 6.18. The molecular weight excluding hydrogens is 810 g/mol. The van der Waals surface area contributed by atoms with Crippen LogP contribution in [0.5, 0.6) is 0 Å². The first kappa shape index (κ1) is 50.3. The lowest BCUT2D eigenvalue weighted by atomic mass is 10.0. The highest BCUT2D eigenvalue weighted by molar-refractivity contribution is 7.98. The maximum Gasteiger partial charge on any atom is 0.475 e. The van der Waals surface area contributed by atoms with Gasteiger partial charge in [0.1, 0.15) is 0 Å². The Labute approximate surface area is 287 Å². The van der Waals surface area contributed by atoms with Crippen molar-refractivity contribution in [2.45, 2.75) is 149 Å². The second kappa shape index (κ2) is 18.3. The molecule has 0 aliphatic carbocycles. The molecule has 52 heavy (non-hydrogen) atoms. The Morgan fingerprint density at radius 2 is 0.615 bits per heavy atom. The van der Waals surface area contributed by atoms with Gasteiger partial charge in [0.2, 0.25) is 0 Å². The molecule has 0 aromatic carbocycles. The highest BCUT2D eigenvalue weighted by Gasteiger charge is 2.91. The summed E-state index contributed by atoms with van der Waals surface area (Å²) < 4.78 is 287. The molecule has 0 heterocycles. The van der Waals surface area contributed by atoms with Gasteiger partial charge in [-0.25, -0.2) is 0 Å². The molecule has 0 amide bonds. The molecule has 0 saturated carbocycles. The summed E-state index contributed by atoms with van der Waals surface area (Å²) in [6, 6.07) is 0. The third-order valence-corrected chi connectivity index (χ3v) is 11.8. The topological polar surface area (TPSA) is 97.3 Å². The number of alkyl halides is 18. The van der Waals surface area contributed by atoms with Gasteiger partial charge in [-0.05, 0) is 19.4 Å². The minimum absolute atomic E-state index is 0.0915. The molecule has 0 fully saturated rings. The maximum absolute atomic E-state index is 14.4. The predicted octanol–water partition coefficient (Wildman–Crippen LogP) is 9.78. The number of rotatable bonds is 25. The third kappa shape index (κ3) is 10.5. The average molecular weight is 848 g/mol. The summed E-state index contributed by atoms with van der Waals surface area (Å²) in [6.07, 6.45) is -9.03. The quantitative estimate of drug-likeness (QED) is 0.0427. The van der Waals surface area contributed by atoms with E-state index >= 15 is 0 Å². The van der Waals surface area contributed by atoms with Crippen LogP contribution in [0.25, 0.3) is 0 Å². The van der Waals surface area contributed by atoms with E-state index in [0.717, 1.165) is 57.8 Å². The fourth-order valence-electron chi connectivity index (χ4n) is 4.38. The highest BCUT2D eigenvalue weighted by atomic mass is 32.3. The van der Waals surface area contributed by atoms with E-state index in [-0.39, 0.29) is 12.8 Å². The molecule has 0 rings (SSSR count). The van der Waals surface area contributed by atoms with Crippen molar-refractivity contribution in [3.05, 3.63) is 0 Å². The Morgan fingerprint density at radius 1 is 0.385 bits per heavy atom. The molecule has 0 aliphatic rings. The largest absolute Gasteiger partial charge is 0.475 e. The van der Waals surface area contributed by atoms with E-state index in [9.17, 15) is 95.9 Å². The van der Waals surface area contributed by atoms with E-state index in [1.165, 1.54) is 0 Å². The summed E-state index contributed by atoms with van der Waals surface area (Å²) >= 11 is 0. The third-order valence-electron chi connectivity index (χ3n) is 7.54. The fourth-order valence-corrected chi connectivity index (χ4v) is 7.94. The molecule has 26 heteroatoms. The van der Waals surface area contributed by atoms with Gasteiger partial charge in [0.05, 0.1) is 0 Å². The van der Waals surface area contributed by atoms with Crippen molar-refractivity contribution in [3.8, 4) is 0 Å². The summed E-state index contributed by atoms with van der Waals surface area (Å²) in [4.78, 5) is 0. The van der Waals surface area contributed by atoms with E-state index in [1.807, 2.05) is 0 Å². The van der Waals surface area contributed by atoms with E-state index in [2.05, 4.69) is 0 Å². The summed E-state index contributed by atoms with van der Waals surface area (Å²) in [5.41, 5.74) is 5.40. The van der Waals surface area contributed by atoms with Gasteiger partial charge >= 0.3 is 66.6 Å². The van der Waals surface area contributed by atoms with Gasteiger partial charge < -0.3 is 5.73 Å². The average Bonchev–Trinajstić information content (AvgIpc) is 2.98. The zero-order valence-electron chi connectivity index (χ0n) is 26.9. The summed E-state index contributed by atoms with van der Waals surface area (Å²) in [5.74, 6) is -33.0. The van der Waals surface area contributed by atoms with Crippen molar-refractivity contribution in [1.29, 1.82) is 0 Å². The van der Waals surface area contributed by atoms with Gasteiger partial charge in [-0.3, -0.25) is 0 Å². The standard InChI is InChI=1S/C26H37F18N2O4S2/c27-19(28,23(35,36)37)21(31,32)25(41,42)51(47,48)46(52(49,50)26(43,44)22(33,34)20(29,30)24(38,39)40)18-16-14-12-10-8-6-4-2-1-3-5-7-9-11-13-15-17-45/h18H,1-17,45H2/q+1. The van der Waals surface area contributed by atoms with Gasteiger partial charge in [-0.2, -0.15) is 95.9 Å². The molecule has 0 radical (unpaired) electrons. The normalized spacial score (nSPS) is 14.9. The van der Waals surface area contributed by atoms with Crippen molar-refractivity contribution < 1.29 is 99.2 Å². The smallest absolute Gasteiger partial charge is 0.330 e. The van der Waals surface area contributed by atoms with Crippen LogP contribution in [0, 0.1) is 0 Å². The zero-order chi connectivity index (χ0) is 41.3. The van der Waals surface area contributed by atoms with Crippen LogP contribution in [-0.4, -0.2) is 79.5 Å². The molecule has 0 aromatic rings. The number of hydrogen-bond donors (Lipinski definition) is 1. The number of sulfonamides is 2. The fraction of sp³-hybridized carbons (Fsp3) is 0.962. The Morgan fingerprint density at radius 3 is 0.846 bits per heavy atom. The van der Waals surface area contributed by atoms with Crippen molar-refractivity contribution >= 4 is 26.3 Å². The van der Waals surface area contributed by atoms with E-state index < -0.39 is 89.0 Å². The van der Waals surface area contributed by atoms with E-state index in [1.54, 1.807) is 0 Å². The second-order valence-electron chi connectivity index (χ2n) is 11.6. The minimum Gasteiger partial charge on any atom is -0.330 e. The number of unbranched alkanes of at least 4 members (excludes halogenated alkanes) is 15. The van der Waals surface area contributed by atoms with Crippen molar-refractivity contribution in [2.24, 2.45) is 5.73 Å². The molecule has 0 aliphatic heterocycles. The van der Waals surface area contributed by atoms with Crippen molar-refractivity contribution in [1.82, 2.24) is 0 Å². The van der Waals surface area contributed by atoms with Crippen LogP contribution in [-0.2, 0) is 20.0 Å². The summed E-state index contributed by atoms with van der Waals surface area (Å²) in [5, 5.41) is -16.4. The second-order valence-corrected chi connectivity index (χ2v) is 15.6. The van der Waals surface area contributed by atoms with E-state index in [0.29, 0.717) is 25.8 Å². The molecule has 0 atom stereocenters. The Bertz CT molecular complexity index is 1280. The van der Waals surface area contributed by atoms with Gasteiger partial charge in [0.25, 0.3) is 0 Å². The number of nitrogens with zero attached hydrogens (tertiary/aromatic N) is 1. The zero-order valence-corrected chi connectivity index (χ0v) is 28.5. The molecule has 312 valence electrons. The van der Waals surface area contributed by atoms with Crippen LogP contribution in [0.2, 0.25) is 0 Å². The lowest BCUT2D eigenvalue weighted by Gasteiger charge is -2.33. The Kier molecular flexibility index (Phi) is 17.7. The van der Waals surface area contributed by atoms with Gasteiger partial charge in [0, 0.05) is 9.81 Å². The van der Waals surface area contributed by atoms with Crippen molar-refractivity contribution in [2.75, 3.05) is 6.54 Å². The summed E-state index contributed by atoms with van der Waals surface area (Å²) in [6.45, 7) is 0.619. The Hall–Kier alpha value is -1.73. The molecule has 0 bridgehead atoms. The van der Waals surface area contributed by atoms with Crippen molar-refractivity contribution in [3.63, 3.8) is 0 Å². The van der Waals surface area contributed by atoms with Crippen LogP contribution in [0.1, 0.15) is 103 Å². The first-order chi connectivity index (χ1) is 23.2. The number of halogens is 18. The minimum atomic E-state index is -8.82. The lowest BCUT2D eigenvalue weighted by Crippen LogP contribution is -2.67. The van der Waals surface area contributed by atoms with Crippen LogP contribution < -0.4 is 5.73 Å². The van der Waals surface area contributed by atoms with E-state index in [4.69, 9.17) is 5.73 Å². The van der Waals surface area contributed by atoms with Gasteiger partial charge in [-0.1, -0.05) is 83.5 Å². The number of nitrogens with two attached hydrogens (primary N) is 1. The first-order valence-electron chi connectivity index (χ1n) is 15.4. The lowest BCUT2D eigenvalue weighted by molar-refractivity contribution is -0.390. The molecule has 6 nitrogen and oxygen atoms in total. The van der Waals surface area contributed by atoms with Gasteiger partial charge in [0.15, 0.2) is 6.21 Å². The SMILES string of the molecule is NCCCCCCCCCCCCCCCCCC=[N+](S(=O)(=O)C(F)(F)C(F)(F)C(F)(F)C(F)(F)F)S(=O)(=O)C(F)(F)C(F)(F)C(F)(F)C(F)(F)F. The van der Waals surface area contributed by atoms with Crippen LogP contribution in [0.15, 0.2) is 0 Å². The highest BCUT2D eigenvalue weighted by Crippen LogP contribution is 2.58. The molecular formula is C26H37F18N2O4S2+. The summed E-state index contributed by atoms with van der Waals surface area (Å²) in [7, 11) is -17.6. The number of hydrogen-bond acceptors (Lipinski definition) is 5. The first-order valence-corrected chi connectivity index (χ1v) is 18.3. The van der Waals surface area contributed by atoms with Crippen LogP contribution >= 0.6 is 0 Å². The molecule has 0 unspecified atom stereocenters. The molecule has 0 saturated heterocycles. The van der Waals surface area contributed by atoms with Crippen LogP contribution in [0.3, 0.4) is 0 Å². The monoisotopic (exact) mass is 847 g/mol. The molecule has 0 spiro atoms. The molecule has 2 N–H and O–H groups in total. The predicted molar refractivity (Wildman–Crippen MR) is 149 cm³/mol. The van der Waals surface area contributed by atoms with Crippen LogP contribution in [0.4, 0.5) is 79.0 Å².